The van der Waals surface area contributed by atoms with Crippen LogP contribution in [0.1, 0.15) is 17.3 Å². The van der Waals surface area contributed by atoms with Gasteiger partial charge in [-0.2, -0.15) is 0 Å². The molecule has 132 valence electrons. The van der Waals surface area contributed by atoms with Crippen LogP contribution in [0.4, 0.5) is 5.69 Å². The number of nitrogens with one attached hydrogen (secondary N) is 1. The van der Waals surface area contributed by atoms with Gasteiger partial charge in [0.05, 0.1) is 11.0 Å². The zero-order valence-electron chi connectivity index (χ0n) is 13.1. The number of nitro benzene ring substituents is 1. The quantitative estimate of drug-likeness (QED) is 0.492. The standard InChI is InChI=1S/C15H17N3O3S.2ClH/c1-10(17-6-4-16-5-7-17)15(19)13-9-22-14-3-2-11(18(20)21)8-12(13)14;;/h2-3,8-10,16H,4-7H2,1H3;2*1H. The molecule has 6 nitrogen and oxygen atoms in total. The zero-order valence-corrected chi connectivity index (χ0v) is 15.5. The Morgan fingerprint density at radius 2 is 2.00 bits per heavy atom. The number of carbonyl (C=O) groups is 1. The number of ketones is 1. The maximum atomic E-state index is 12.8. The first-order chi connectivity index (χ1) is 10.6. The number of fused-ring (bicyclic) bond motifs is 1. The molecule has 1 aliphatic rings. The molecule has 2 aromatic rings. The normalized spacial score (nSPS) is 16.0. The van der Waals surface area contributed by atoms with E-state index in [1.165, 1.54) is 23.5 Å². The molecule has 24 heavy (non-hydrogen) atoms. The molecule has 0 amide bonds. The minimum absolute atomic E-state index is 0. The second-order valence-corrected chi connectivity index (χ2v) is 6.32. The summed E-state index contributed by atoms with van der Waals surface area (Å²) in [6, 6.07) is 4.49. The van der Waals surface area contributed by atoms with Gasteiger partial charge >= 0.3 is 0 Å². The van der Waals surface area contributed by atoms with E-state index in [4.69, 9.17) is 0 Å². The van der Waals surface area contributed by atoms with Crippen LogP contribution < -0.4 is 5.32 Å². The van der Waals surface area contributed by atoms with Gasteiger partial charge in [-0.25, -0.2) is 0 Å². The highest BCUT2D eigenvalue weighted by Crippen LogP contribution is 2.30. The Kier molecular flexibility index (Phi) is 7.56. The average molecular weight is 392 g/mol. The molecular formula is C15H19Cl2N3O3S. The molecule has 1 aliphatic heterocycles. The molecule has 1 aromatic heterocycles. The lowest BCUT2D eigenvalue weighted by atomic mass is 10.0. The van der Waals surface area contributed by atoms with Crippen molar-refractivity contribution in [1.29, 1.82) is 0 Å². The van der Waals surface area contributed by atoms with Crippen molar-refractivity contribution in [2.24, 2.45) is 0 Å². The maximum Gasteiger partial charge on any atom is 0.270 e. The van der Waals surface area contributed by atoms with Gasteiger partial charge in [0.25, 0.3) is 5.69 Å². The van der Waals surface area contributed by atoms with Crippen LogP contribution in [0.25, 0.3) is 10.1 Å². The number of non-ortho nitro benzene ring substituents is 1. The van der Waals surface area contributed by atoms with E-state index >= 15 is 0 Å². The summed E-state index contributed by atoms with van der Waals surface area (Å²) in [5.41, 5.74) is 0.615. The van der Waals surface area contributed by atoms with Gasteiger partial charge in [0, 0.05) is 59.3 Å². The van der Waals surface area contributed by atoms with E-state index in [0.717, 1.165) is 30.9 Å². The molecule has 3 rings (SSSR count). The van der Waals surface area contributed by atoms with Crippen molar-refractivity contribution in [1.82, 2.24) is 10.2 Å². The summed E-state index contributed by atoms with van der Waals surface area (Å²) in [6.07, 6.45) is 0. The van der Waals surface area contributed by atoms with Gasteiger partial charge in [0.15, 0.2) is 5.78 Å². The van der Waals surface area contributed by atoms with Crippen LogP contribution in [0.15, 0.2) is 23.6 Å². The molecule has 0 spiro atoms. The molecule has 0 bridgehead atoms. The highest BCUT2D eigenvalue weighted by Gasteiger charge is 2.26. The number of nitro groups is 1. The van der Waals surface area contributed by atoms with Crippen molar-refractivity contribution in [2.45, 2.75) is 13.0 Å². The van der Waals surface area contributed by atoms with Crippen molar-refractivity contribution in [3.05, 3.63) is 39.3 Å². The SMILES string of the molecule is CC(C(=O)c1csc2ccc([N+](=O)[O-])cc12)N1CCNCC1.Cl.Cl. The van der Waals surface area contributed by atoms with E-state index in [0.29, 0.717) is 10.9 Å². The molecule has 9 heteroatoms. The van der Waals surface area contributed by atoms with Crippen LogP contribution in [-0.2, 0) is 0 Å². The fourth-order valence-corrected chi connectivity index (χ4v) is 3.71. The van der Waals surface area contributed by atoms with E-state index in [-0.39, 0.29) is 42.3 Å². The van der Waals surface area contributed by atoms with Crippen LogP contribution in [0.2, 0.25) is 0 Å². The van der Waals surface area contributed by atoms with Gasteiger partial charge in [0.1, 0.15) is 0 Å². The van der Waals surface area contributed by atoms with Crippen molar-refractivity contribution in [3.63, 3.8) is 0 Å². The monoisotopic (exact) mass is 391 g/mol. The third kappa shape index (κ3) is 4.04. The fraction of sp³-hybridized carbons (Fsp3) is 0.400. The lowest BCUT2D eigenvalue weighted by Crippen LogP contribution is -2.50. The fourth-order valence-electron chi connectivity index (χ4n) is 2.78. The molecule has 2 heterocycles. The topological polar surface area (TPSA) is 75.5 Å². The molecule has 1 atom stereocenters. The van der Waals surface area contributed by atoms with Gasteiger partial charge in [-0.05, 0) is 13.0 Å². The molecule has 1 saturated heterocycles. The lowest BCUT2D eigenvalue weighted by Gasteiger charge is -2.31. The predicted octanol–water partition coefficient (Wildman–Crippen LogP) is 3.13. The molecule has 1 unspecified atom stereocenters. The van der Waals surface area contributed by atoms with Crippen molar-refractivity contribution < 1.29 is 9.72 Å². The lowest BCUT2D eigenvalue weighted by molar-refractivity contribution is -0.384. The van der Waals surface area contributed by atoms with E-state index in [1.54, 1.807) is 6.07 Å². The van der Waals surface area contributed by atoms with Crippen LogP contribution >= 0.6 is 36.2 Å². The second kappa shape index (κ2) is 8.73. The first-order valence-electron chi connectivity index (χ1n) is 7.22. The summed E-state index contributed by atoms with van der Waals surface area (Å²) in [6.45, 7) is 5.36. The summed E-state index contributed by atoms with van der Waals surface area (Å²) in [4.78, 5) is 25.4. The summed E-state index contributed by atoms with van der Waals surface area (Å²) >= 11 is 1.45. The van der Waals surface area contributed by atoms with Crippen LogP contribution in [0.3, 0.4) is 0 Å². The molecule has 0 aliphatic carbocycles. The molecule has 1 fully saturated rings. The smallest absolute Gasteiger partial charge is 0.270 e. The Morgan fingerprint density at radius 3 is 2.62 bits per heavy atom. The summed E-state index contributed by atoms with van der Waals surface area (Å²) in [5.74, 6) is 0.0358. The summed E-state index contributed by atoms with van der Waals surface area (Å²) < 4.78 is 0.904. The largest absolute Gasteiger partial charge is 0.314 e. The highest BCUT2D eigenvalue weighted by molar-refractivity contribution is 7.17. The molecule has 1 aromatic carbocycles. The van der Waals surface area contributed by atoms with Crippen molar-refractivity contribution in [3.8, 4) is 0 Å². The van der Waals surface area contributed by atoms with E-state index < -0.39 is 4.92 Å². The minimum atomic E-state index is -0.425. The number of piperazine rings is 1. The number of hydrogen-bond donors (Lipinski definition) is 1. The third-order valence-corrected chi connectivity index (χ3v) is 5.08. The number of nitrogens with zero attached hydrogens (tertiary/aromatic N) is 2. The Bertz CT molecular complexity index is 732. The second-order valence-electron chi connectivity index (χ2n) is 5.41. The Morgan fingerprint density at radius 1 is 1.33 bits per heavy atom. The van der Waals surface area contributed by atoms with Crippen LogP contribution in [0, 0.1) is 10.1 Å². The van der Waals surface area contributed by atoms with Crippen molar-refractivity contribution >= 4 is 57.7 Å². The number of Topliss-reactive ketones (excluding diaryl/α,β-unsaturated/α-hetero) is 1. The van der Waals surface area contributed by atoms with Crippen LogP contribution in [-0.4, -0.2) is 47.8 Å². The first kappa shape index (κ1) is 20.8. The van der Waals surface area contributed by atoms with E-state index in [1.807, 2.05) is 12.3 Å². The number of hydrogen-bond acceptors (Lipinski definition) is 6. The average Bonchev–Trinajstić information content (AvgIpc) is 2.97. The maximum absolute atomic E-state index is 12.8. The minimum Gasteiger partial charge on any atom is -0.314 e. The summed E-state index contributed by atoms with van der Waals surface area (Å²) in [7, 11) is 0. The number of halogens is 2. The number of thiophene rings is 1. The number of carbonyl (C=O) groups excluding carboxylic acids is 1. The molecule has 0 saturated carbocycles. The van der Waals surface area contributed by atoms with Gasteiger partial charge < -0.3 is 5.32 Å². The number of benzene rings is 1. The Hall–Kier alpha value is -1.25. The molecule has 1 N–H and O–H groups in total. The van der Waals surface area contributed by atoms with Gasteiger partial charge in [-0.15, -0.1) is 36.2 Å². The molecular weight excluding hydrogens is 373 g/mol. The van der Waals surface area contributed by atoms with E-state index in [2.05, 4.69) is 10.2 Å². The zero-order chi connectivity index (χ0) is 15.7. The third-order valence-electron chi connectivity index (χ3n) is 4.11. The Labute approximate surface area is 156 Å². The van der Waals surface area contributed by atoms with Gasteiger partial charge in [-0.3, -0.25) is 19.8 Å². The van der Waals surface area contributed by atoms with Gasteiger partial charge in [0.2, 0.25) is 0 Å². The summed E-state index contributed by atoms with van der Waals surface area (Å²) in [5, 5.41) is 16.7. The van der Waals surface area contributed by atoms with Gasteiger partial charge in [-0.1, -0.05) is 0 Å². The molecule has 0 radical (unpaired) electrons. The number of rotatable bonds is 4. The Balaban J connectivity index is 0.00000144. The predicted molar refractivity (Wildman–Crippen MR) is 101 cm³/mol. The highest BCUT2D eigenvalue weighted by atomic mass is 35.5. The van der Waals surface area contributed by atoms with Crippen molar-refractivity contribution in [2.75, 3.05) is 26.2 Å². The van der Waals surface area contributed by atoms with E-state index in [9.17, 15) is 14.9 Å². The first-order valence-corrected chi connectivity index (χ1v) is 8.10. The van der Waals surface area contributed by atoms with Crippen LogP contribution in [0.5, 0.6) is 0 Å².